The molecule has 2 rings (SSSR count). The van der Waals surface area contributed by atoms with Crippen molar-refractivity contribution < 1.29 is 18.3 Å². The monoisotopic (exact) mass is 350 g/mol. The van der Waals surface area contributed by atoms with Crippen LogP contribution in [0, 0.1) is 0 Å². The van der Waals surface area contributed by atoms with Gasteiger partial charge < -0.3 is 5.11 Å². The first kappa shape index (κ1) is 17.6. The third-order valence-corrected chi connectivity index (χ3v) is 5.93. The molecule has 122 valence electrons. The molecule has 2 aromatic rings. The van der Waals surface area contributed by atoms with Gasteiger partial charge in [0.05, 0.1) is 5.25 Å². The van der Waals surface area contributed by atoms with Crippen molar-refractivity contribution in [2.45, 2.75) is 27.9 Å². The van der Waals surface area contributed by atoms with Gasteiger partial charge in [-0.05, 0) is 36.2 Å². The zero-order chi connectivity index (χ0) is 16.9. The summed E-state index contributed by atoms with van der Waals surface area (Å²) in [6.07, 6.45) is 1.06. The molecule has 1 unspecified atom stereocenters. The molecule has 1 atom stereocenters. The van der Waals surface area contributed by atoms with E-state index in [0.717, 1.165) is 16.0 Å². The minimum atomic E-state index is -3.36. The molecule has 0 amide bonds. The Labute approximate surface area is 140 Å². The molecule has 6 heteroatoms. The first-order valence-corrected chi connectivity index (χ1v) is 9.87. The van der Waals surface area contributed by atoms with Crippen LogP contribution in [0.4, 0.5) is 0 Å². The lowest BCUT2D eigenvalue weighted by Crippen LogP contribution is -2.13. The summed E-state index contributed by atoms with van der Waals surface area (Å²) in [5.41, 5.74) is 0.631. The average Bonchev–Trinajstić information content (AvgIpc) is 2.48. The number of carbonyl (C=O) groups is 1. The molecule has 0 saturated heterocycles. The molecule has 4 nitrogen and oxygen atoms in total. The number of rotatable bonds is 7. The van der Waals surface area contributed by atoms with Gasteiger partial charge in [0, 0.05) is 22.5 Å². The normalized spacial score (nSPS) is 12.7. The van der Waals surface area contributed by atoms with Crippen LogP contribution in [0.5, 0.6) is 0 Å². The number of sulfone groups is 1. The fourth-order valence-corrected chi connectivity index (χ4v) is 4.29. The van der Waals surface area contributed by atoms with Gasteiger partial charge in [-0.2, -0.15) is 0 Å². The second kappa shape index (κ2) is 7.66. The Kier molecular flexibility index (Phi) is 5.85. The molecular formula is C17H18O4S2. The van der Waals surface area contributed by atoms with E-state index in [1.807, 2.05) is 42.5 Å². The second-order valence-electron chi connectivity index (χ2n) is 5.23. The van der Waals surface area contributed by atoms with Gasteiger partial charge in [-0.15, -0.1) is 0 Å². The topological polar surface area (TPSA) is 71.4 Å². The van der Waals surface area contributed by atoms with E-state index in [0.29, 0.717) is 5.56 Å². The van der Waals surface area contributed by atoms with Crippen molar-refractivity contribution in [2.75, 3.05) is 6.26 Å². The Morgan fingerprint density at radius 1 is 1.04 bits per heavy atom. The fraction of sp³-hybridized carbons (Fsp3) is 0.235. The van der Waals surface area contributed by atoms with E-state index in [1.54, 1.807) is 23.9 Å². The van der Waals surface area contributed by atoms with E-state index in [4.69, 9.17) is 5.11 Å². The number of benzene rings is 2. The Morgan fingerprint density at radius 3 is 2.13 bits per heavy atom. The van der Waals surface area contributed by atoms with Crippen molar-refractivity contribution in [2.24, 2.45) is 0 Å². The predicted molar refractivity (Wildman–Crippen MR) is 91.5 cm³/mol. The van der Waals surface area contributed by atoms with Gasteiger partial charge in [0.2, 0.25) is 0 Å². The van der Waals surface area contributed by atoms with Gasteiger partial charge in [0.25, 0.3) is 0 Å². The zero-order valence-corrected chi connectivity index (χ0v) is 14.3. The largest absolute Gasteiger partial charge is 0.481 e. The Morgan fingerprint density at radius 2 is 1.61 bits per heavy atom. The van der Waals surface area contributed by atoms with Gasteiger partial charge in [-0.1, -0.05) is 42.1 Å². The van der Waals surface area contributed by atoms with Crippen LogP contribution in [-0.4, -0.2) is 25.7 Å². The summed E-state index contributed by atoms with van der Waals surface area (Å²) >= 11 is 1.59. The van der Waals surface area contributed by atoms with Gasteiger partial charge in [0.1, 0.15) is 0 Å². The number of carboxylic acid groups (broad SMARTS) is 1. The van der Waals surface area contributed by atoms with E-state index >= 15 is 0 Å². The first-order chi connectivity index (χ1) is 10.9. The standard InChI is InChI=1S/C17H18O4S2/c1-23(20,21)16(11-12-17(18)19)13-7-9-15(10-8-13)22-14-5-3-2-4-6-14/h2-10,16H,11-12H2,1H3,(H,18,19). The molecule has 0 aliphatic rings. The summed E-state index contributed by atoms with van der Waals surface area (Å²) in [6, 6.07) is 17.1. The maximum absolute atomic E-state index is 11.9. The molecule has 0 heterocycles. The van der Waals surface area contributed by atoms with E-state index in [9.17, 15) is 13.2 Å². The number of aliphatic carboxylic acids is 1. The Hall–Kier alpha value is -1.79. The van der Waals surface area contributed by atoms with Crippen LogP contribution in [0.15, 0.2) is 64.4 Å². The Bertz CT molecular complexity index is 753. The van der Waals surface area contributed by atoms with Crippen LogP contribution < -0.4 is 0 Å². The van der Waals surface area contributed by atoms with E-state index in [-0.39, 0.29) is 12.8 Å². The summed E-state index contributed by atoms with van der Waals surface area (Å²) in [5.74, 6) is -0.991. The fourth-order valence-electron chi connectivity index (χ4n) is 2.26. The Balaban J connectivity index is 2.16. The lowest BCUT2D eigenvalue weighted by Gasteiger charge is -2.15. The number of carboxylic acids is 1. The van der Waals surface area contributed by atoms with Crippen LogP contribution in [0.1, 0.15) is 23.7 Å². The van der Waals surface area contributed by atoms with E-state index in [1.165, 1.54) is 0 Å². The SMILES string of the molecule is CS(=O)(=O)C(CCC(=O)O)c1ccc(Sc2ccccc2)cc1. The lowest BCUT2D eigenvalue weighted by molar-refractivity contribution is -0.137. The van der Waals surface area contributed by atoms with Crippen molar-refractivity contribution >= 4 is 27.6 Å². The summed E-state index contributed by atoms with van der Waals surface area (Å²) in [6.45, 7) is 0. The predicted octanol–water partition coefficient (Wildman–Crippen LogP) is 3.79. The summed E-state index contributed by atoms with van der Waals surface area (Å²) in [5, 5.41) is 8.00. The highest BCUT2D eigenvalue weighted by Gasteiger charge is 2.23. The summed E-state index contributed by atoms with van der Waals surface area (Å²) < 4.78 is 23.8. The van der Waals surface area contributed by atoms with Crippen molar-refractivity contribution in [3.63, 3.8) is 0 Å². The second-order valence-corrected chi connectivity index (χ2v) is 8.61. The van der Waals surface area contributed by atoms with Gasteiger partial charge in [-0.25, -0.2) is 8.42 Å². The zero-order valence-electron chi connectivity index (χ0n) is 12.7. The minimum Gasteiger partial charge on any atom is -0.481 e. The summed E-state index contributed by atoms with van der Waals surface area (Å²) in [4.78, 5) is 12.8. The average molecular weight is 350 g/mol. The number of hydrogen-bond acceptors (Lipinski definition) is 4. The molecule has 1 N–H and O–H groups in total. The lowest BCUT2D eigenvalue weighted by atomic mass is 10.1. The highest BCUT2D eigenvalue weighted by molar-refractivity contribution is 7.99. The molecule has 2 aromatic carbocycles. The third kappa shape index (κ3) is 5.41. The quantitative estimate of drug-likeness (QED) is 0.822. The molecule has 0 bridgehead atoms. The highest BCUT2D eigenvalue weighted by Crippen LogP contribution is 2.31. The van der Waals surface area contributed by atoms with Crippen LogP contribution in [0.2, 0.25) is 0 Å². The van der Waals surface area contributed by atoms with E-state index < -0.39 is 21.1 Å². The van der Waals surface area contributed by atoms with Gasteiger partial charge in [0.15, 0.2) is 9.84 Å². The highest BCUT2D eigenvalue weighted by atomic mass is 32.2. The minimum absolute atomic E-state index is 0.0827. The molecule has 23 heavy (non-hydrogen) atoms. The molecule has 0 aliphatic carbocycles. The van der Waals surface area contributed by atoms with Gasteiger partial charge >= 0.3 is 5.97 Å². The van der Waals surface area contributed by atoms with Crippen molar-refractivity contribution in [3.8, 4) is 0 Å². The maximum Gasteiger partial charge on any atom is 0.303 e. The van der Waals surface area contributed by atoms with Crippen molar-refractivity contribution in [1.82, 2.24) is 0 Å². The van der Waals surface area contributed by atoms with Gasteiger partial charge in [-0.3, -0.25) is 4.79 Å². The molecule has 0 saturated carbocycles. The first-order valence-electron chi connectivity index (χ1n) is 7.10. The molecule has 0 aliphatic heterocycles. The smallest absolute Gasteiger partial charge is 0.303 e. The molecule has 0 aromatic heterocycles. The maximum atomic E-state index is 11.9. The number of hydrogen-bond donors (Lipinski definition) is 1. The van der Waals surface area contributed by atoms with Crippen molar-refractivity contribution in [3.05, 3.63) is 60.2 Å². The van der Waals surface area contributed by atoms with Crippen molar-refractivity contribution in [1.29, 1.82) is 0 Å². The van der Waals surface area contributed by atoms with Crippen LogP contribution in [0.3, 0.4) is 0 Å². The third-order valence-electron chi connectivity index (χ3n) is 3.37. The summed E-state index contributed by atoms with van der Waals surface area (Å²) in [7, 11) is -3.36. The molecule has 0 fully saturated rings. The van der Waals surface area contributed by atoms with Crippen LogP contribution in [0.25, 0.3) is 0 Å². The van der Waals surface area contributed by atoms with Crippen LogP contribution in [-0.2, 0) is 14.6 Å². The van der Waals surface area contributed by atoms with Crippen LogP contribution >= 0.6 is 11.8 Å². The molecule has 0 spiro atoms. The van der Waals surface area contributed by atoms with E-state index in [2.05, 4.69) is 0 Å². The molecular weight excluding hydrogens is 332 g/mol. The molecule has 0 radical (unpaired) electrons.